The highest BCUT2D eigenvalue weighted by atomic mass is 35.5. The van der Waals surface area contributed by atoms with Crippen LogP contribution in [0.4, 0.5) is 0 Å². The van der Waals surface area contributed by atoms with Gasteiger partial charge in [-0.2, -0.15) is 0 Å². The molecule has 18 atom stereocenters. The zero-order valence-electron chi connectivity index (χ0n) is 67.0. The summed E-state index contributed by atoms with van der Waals surface area (Å²) in [6.45, 7) is 7.48. The van der Waals surface area contributed by atoms with Gasteiger partial charge < -0.3 is 128 Å². The zero-order valence-corrected chi connectivity index (χ0v) is 68.5. The van der Waals surface area contributed by atoms with Gasteiger partial charge >= 0.3 is 0 Å². The number of rotatable bonds is 24. The van der Waals surface area contributed by atoms with Crippen molar-refractivity contribution in [3.63, 3.8) is 0 Å². The van der Waals surface area contributed by atoms with E-state index in [-0.39, 0.29) is 69.6 Å². The Morgan fingerprint density at radius 1 is 0.680 bits per heavy atom. The number of carbonyl (C=O) groups is 8. The molecule has 5 aromatic carbocycles. The molecule has 652 valence electrons. The Bertz CT molecular complexity index is 4940. The van der Waals surface area contributed by atoms with Gasteiger partial charge in [-0.1, -0.05) is 80.2 Å². The molecule has 0 aliphatic carbocycles. The van der Waals surface area contributed by atoms with Gasteiger partial charge in [-0.25, -0.2) is 0 Å². The Morgan fingerprint density at radius 3 is 1.89 bits per heavy atom. The maximum Gasteiger partial charge on any atom is 0.248 e. The lowest BCUT2D eigenvalue weighted by atomic mass is 9.86. The van der Waals surface area contributed by atoms with E-state index >= 15 is 28.8 Å². The summed E-state index contributed by atoms with van der Waals surface area (Å²) in [5.74, 6) is -14.6. The van der Waals surface area contributed by atoms with Gasteiger partial charge in [-0.3, -0.25) is 53.2 Å². The van der Waals surface area contributed by atoms with Crippen molar-refractivity contribution in [3.05, 3.63) is 177 Å². The summed E-state index contributed by atoms with van der Waals surface area (Å²) in [5, 5.41) is 126. The third-order valence-electron chi connectivity index (χ3n) is 21.7. The van der Waals surface area contributed by atoms with Crippen LogP contribution >= 0.6 is 23.2 Å². The number of hydrogen-bond donors (Lipinski definition) is 19. The van der Waals surface area contributed by atoms with Crippen LogP contribution in [-0.4, -0.2) is 214 Å². The number of nitrogens with zero attached hydrogens (tertiary/aromatic N) is 3. The molecule has 7 aromatic rings. The highest BCUT2D eigenvalue weighted by Gasteiger charge is 2.52. The summed E-state index contributed by atoms with van der Waals surface area (Å²) in [4.78, 5) is 132. The van der Waals surface area contributed by atoms with Crippen molar-refractivity contribution < 1.29 is 113 Å². The molecule has 36 nitrogen and oxygen atoms in total. The van der Waals surface area contributed by atoms with E-state index in [0.29, 0.717) is 38.9 Å². The first-order chi connectivity index (χ1) is 58.2. The number of likely N-dealkylation sites (N-methyl/N-ethyl adjacent to an activating group) is 1. The van der Waals surface area contributed by atoms with Crippen LogP contribution in [0, 0.1) is 5.92 Å². The average Bonchev–Trinajstić information content (AvgIpc) is 0.764. The van der Waals surface area contributed by atoms with E-state index in [2.05, 4.69) is 57.4 Å². The monoisotopic (exact) mass is 1730 g/mol. The number of phenolic OH excluding ortho intramolecular Hbond substituents is 3. The van der Waals surface area contributed by atoms with Crippen LogP contribution in [0.15, 0.2) is 128 Å². The number of primary amides is 1. The van der Waals surface area contributed by atoms with Crippen LogP contribution in [-0.2, 0) is 65.7 Å². The van der Waals surface area contributed by atoms with Crippen molar-refractivity contribution in [2.75, 3.05) is 26.7 Å². The summed E-state index contributed by atoms with van der Waals surface area (Å²) < 4.78 is 38.8. The second kappa shape index (κ2) is 39.5. The first kappa shape index (κ1) is 90.3. The number of nitrogens with one attached hydrogen (secondary N) is 8. The van der Waals surface area contributed by atoms with Crippen LogP contribution in [0.5, 0.6) is 46.0 Å². The predicted octanol–water partition coefficient (Wildman–Crippen LogP) is 3.19. The van der Waals surface area contributed by atoms with Crippen LogP contribution < -0.4 is 68.2 Å². The minimum absolute atomic E-state index is 0.00201. The van der Waals surface area contributed by atoms with Crippen molar-refractivity contribution in [3.8, 4) is 57.1 Å². The summed E-state index contributed by atoms with van der Waals surface area (Å²) >= 11 is 14.4. The van der Waals surface area contributed by atoms with Gasteiger partial charge in [0, 0.05) is 61.2 Å². The fourth-order valence-electron chi connectivity index (χ4n) is 15.3. The highest BCUT2D eigenvalue weighted by Crippen LogP contribution is 2.50. The lowest BCUT2D eigenvalue weighted by Crippen LogP contribution is -2.64. The van der Waals surface area contributed by atoms with Gasteiger partial charge in [0.15, 0.2) is 23.9 Å². The van der Waals surface area contributed by atoms with Crippen LogP contribution in [0.3, 0.4) is 0 Å². The number of aromatic hydroxyl groups is 3. The zero-order chi connectivity index (χ0) is 87.7. The summed E-state index contributed by atoms with van der Waals surface area (Å²) in [7, 11) is 1.48. The molecule has 2 saturated heterocycles. The molecule has 2 aromatic heterocycles. The first-order valence-corrected chi connectivity index (χ1v) is 40.5. The predicted molar refractivity (Wildman–Crippen MR) is 436 cm³/mol. The lowest BCUT2D eigenvalue weighted by molar-refractivity contribution is -0.333. The number of unbranched alkanes of at least 4 members (excludes halogenated alkanes) is 3. The molecule has 7 aliphatic heterocycles. The smallest absolute Gasteiger partial charge is 0.248 e. The maximum atomic E-state index is 16.3. The molecule has 9 heterocycles. The molecule has 8 amide bonds. The van der Waals surface area contributed by atoms with Crippen LogP contribution in [0.1, 0.15) is 142 Å². The highest BCUT2D eigenvalue weighted by molar-refractivity contribution is 6.32. The van der Waals surface area contributed by atoms with Gasteiger partial charge in [0.1, 0.15) is 95.5 Å². The molecule has 5 unspecified atom stereocenters. The van der Waals surface area contributed by atoms with E-state index < -0.39 is 220 Å². The molecule has 122 heavy (non-hydrogen) atoms. The number of nitrogens with two attached hydrogens (primary N) is 2. The molecule has 0 radical (unpaired) electrons. The standard InChI is InChI=1S/C84H99Cl2N13O23/c1-39(2)26-52(89-5)76(110)97-67-69(105)42-17-20-56(50(85)28-42)118-58-30-44-31-59(73(58)122-83-74(72(108)71(107)60(38-100)120-83)121-62-35-84(4,88)75(109)40(3)117-62)119-57-21-18-43(29-51(57)86)70(106)68-82(116)96-66(78(112)92-24-10-6-7-13-25-99(36-45-14-8-11-22-90-45)37-46-15-9-12-23-91-46)49-32-47(101)33-55(103)63(49)48-27-41(16-19-54(48)102)64(79(113)98-68)95-80(114)65(44)94-77(111)53(34-61(87)104)93-81(67)115/h8-9,11-12,14-23,27-33,39-40,52-53,60,62,64-72,74-75,83,89,100-103,105-109H,6-7,10,13,24-26,34-38,88H2,1-5H3,(H2,87,104)(H,92,112)(H,93,115)(H,94,111)(H,95,114)(H,96,116)(H,97,110)(H,98,113)/t40?,52-,53+,60?,62+,64-,65-,66+,67-,68+,69-,70-,71+,72?,74?,75-,83-,84?/m1/s1. The number of halogens is 2. The topological polar surface area (TPSA) is 551 Å². The van der Waals surface area contributed by atoms with Gasteiger partial charge in [-0.05, 0) is 159 Å². The third kappa shape index (κ3) is 21.2. The van der Waals surface area contributed by atoms with E-state index in [1.54, 1.807) is 12.4 Å². The van der Waals surface area contributed by atoms with E-state index in [4.69, 9.17) is 63.1 Å². The molecular weight excluding hydrogens is 1630 g/mol. The normalized spacial score (nSPS) is 26.4. The summed E-state index contributed by atoms with van der Waals surface area (Å²) in [6, 6.07) is 11.8. The van der Waals surface area contributed by atoms with Crippen LogP contribution in [0.25, 0.3) is 11.1 Å². The van der Waals surface area contributed by atoms with Crippen molar-refractivity contribution >= 4 is 70.5 Å². The average molecular weight is 1730 g/mol. The number of amides is 8. The minimum Gasteiger partial charge on any atom is -0.508 e. The Hall–Kier alpha value is -10.9. The number of phenols is 3. The van der Waals surface area contributed by atoms with E-state index in [1.807, 2.05) is 50.2 Å². The molecule has 0 saturated carbocycles. The lowest BCUT2D eigenvalue weighted by Gasteiger charge is -2.47. The molecule has 38 heteroatoms. The second-order valence-corrected chi connectivity index (χ2v) is 32.2. The number of carbonyl (C=O) groups excluding carboxylic acids is 8. The number of aliphatic hydroxyl groups excluding tert-OH is 6. The van der Waals surface area contributed by atoms with Crippen molar-refractivity contribution in [2.45, 2.75) is 195 Å². The number of benzene rings is 5. The van der Waals surface area contributed by atoms with E-state index in [9.17, 15) is 55.5 Å². The SMILES string of the molecule is CN[C@H](CC(C)C)C(=O)N[C@H]1C(=O)N[C@@H](CC(N)=O)C(=O)N[C@H]2C(=O)N[C@H]3C(=O)N[C@H](C(=O)N[C@H](C(=O)NCCCCCCN(Cc4ccccn4)Cc4ccccn4)c4cc(O)cc(O)c4-c4cc3ccc4O)[C@H](O)c3ccc(c(Cl)c3)Oc3cc2cc(c3O[C@H]2OC(CO)[C@H](O)C(O)C2O[C@H]2CC(C)(N)[C@H](O)C(C)O2)Oc2ccc(cc2Cl)[C@H]1O. The molecule has 7 aliphatic rings. The minimum atomic E-state index is -2.35. The van der Waals surface area contributed by atoms with Gasteiger partial charge in [-0.15, -0.1) is 0 Å². The summed E-state index contributed by atoms with van der Waals surface area (Å²) in [6.07, 6.45) is -12.7. The molecule has 14 rings (SSSR count). The second-order valence-electron chi connectivity index (χ2n) is 31.4. The number of pyridine rings is 2. The van der Waals surface area contributed by atoms with E-state index in [1.165, 1.54) is 45.2 Å². The molecule has 21 N–H and O–H groups in total. The number of ether oxygens (including phenoxy) is 6. The Balaban J connectivity index is 0.988. The van der Waals surface area contributed by atoms with Crippen molar-refractivity contribution in [1.82, 2.24) is 57.4 Å². The van der Waals surface area contributed by atoms with Gasteiger partial charge in [0.25, 0.3) is 0 Å². The maximum absolute atomic E-state index is 16.3. The Kier molecular flexibility index (Phi) is 29.2. The third-order valence-corrected chi connectivity index (χ3v) is 22.3. The Morgan fingerprint density at radius 2 is 1.30 bits per heavy atom. The molecule has 11 bridgehead atoms. The van der Waals surface area contributed by atoms with E-state index in [0.717, 1.165) is 72.4 Å². The quantitative estimate of drug-likeness (QED) is 0.0386. The molecule has 2 fully saturated rings. The van der Waals surface area contributed by atoms with Gasteiger partial charge in [0.05, 0.1) is 52.7 Å². The first-order valence-electron chi connectivity index (χ1n) is 39.7. The molecular formula is C84H99Cl2N13O23. The number of fused-ring (bicyclic) bond motifs is 15. The molecule has 0 spiro atoms. The summed E-state index contributed by atoms with van der Waals surface area (Å²) in [5.41, 5.74) is 10.4. The largest absolute Gasteiger partial charge is 0.508 e. The number of hydrogen-bond acceptors (Lipinski definition) is 28. The van der Waals surface area contributed by atoms with Gasteiger partial charge in [0.2, 0.25) is 59.3 Å². The number of aliphatic hydroxyl groups is 6. The van der Waals surface area contributed by atoms with Crippen LogP contribution in [0.2, 0.25) is 10.0 Å². The fourth-order valence-corrected chi connectivity index (χ4v) is 15.7. The Labute approximate surface area is 710 Å². The number of aromatic nitrogens is 2. The fraction of sp³-hybridized carbons (Fsp3) is 0.429. The van der Waals surface area contributed by atoms with Crippen molar-refractivity contribution in [2.24, 2.45) is 17.4 Å². The van der Waals surface area contributed by atoms with Crippen molar-refractivity contribution in [1.29, 1.82) is 0 Å².